The van der Waals surface area contributed by atoms with Crippen molar-refractivity contribution < 1.29 is 14.6 Å². The van der Waals surface area contributed by atoms with E-state index in [1.165, 1.54) is 20.3 Å². The molecule has 4 heteroatoms. The Morgan fingerprint density at radius 2 is 1.77 bits per heavy atom. The van der Waals surface area contributed by atoms with E-state index in [-0.39, 0.29) is 5.75 Å². The van der Waals surface area contributed by atoms with Gasteiger partial charge in [-0.2, -0.15) is 0 Å². The average Bonchev–Trinajstić information content (AvgIpc) is 2.04. The van der Waals surface area contributed by atoms with Crippen LogP contribution in [0.3, 0.4) is 0 Å². The summed E-state index contributed by atoms with van der Waals surface area (Å²) in [5.41, 5.74) is 0.690. The first-order valence-corrected chi connectivity index (χ1v) is 4.09. The van der Waals surface area contributed by atoms with Crippen LogP contribution in [0.2, 0.25) is 5.02 Å². The van der Waals surface area contributed by atoms with Crippen molar-refractivity contribution in [3.8, 4) is 17.2 Å². The highest BCUT2D eigenvalue weighted by molar-refractivity contribution is 6.32. The summed E-state index contributed by atoms with van der Waals surface area (Å²) >= 11 is 5.82. The molecule has 0 aliphatic rings. The Bertz CT molecular complexity index is 295. The second kappa shape index (κ2) is 3.75. The SMILES string of the molecule is COc1c(O)cc(Cl)c(OC)c1C. The predicted molar refractivity (Wildman–Crippen MR) is 51.0 cm³/mol. The quantitative estimate of drug-likeness (QED) is 0.800. The van der Waals surface area contributed by atoms with E-state index in [1.807, 2.05) is 0 Å². The third kappa shape index (κ3) is 1.65. The second-order valence-electron chi connectivity index (χ2n) is 2.57. The molecule has 3 nitrogen and oxygen atoms in total. The van der Waals surface area contributed by atoms with Crippen LogP contribution in [0.25, 0.3) is 0 Å². The maximum absolute atomic E-state index is 9.43. The molecule has 0 aliphatic heterocycles. The fraction of sp³-hybridized carbons (Fsp3) is 0.333. The van der Waals surface area contributed by atoms with Gasteiger partial charge >= 0.3 is 0 Å². The molecule has 0 fully saturated rings. The van der Waals surface area contributed by atoms with Crippen LogP contribution >= 0.6 is 11.6 Å². The van der Waals surface area contributed by atoms with Crippen LogP contribution in [0.1, 0.15) is 5.56 Å². The van der Waals surface area contributed by atoms with Crippen LogP contribution in [0, 0.1) is 6.92 Å². The van der Waals surface area contributed by atoms with Gasteiger partial charge in [-0.25, -0.2) is 0 Å². The van der Waals surface area contributed by atoms with Gasteiger partial charge in [-0.3, -0.25) is 0 Å². The predicted octanol–water partition coefficient (Wildman–Crippen LogP) is 2.37. The van der Waals surface area contributed by atoms with Crippen molar-refractivity contribution in [3.05, 3.63) is 16.7 Å². The number of rotatable bonds is 2. The summed E-state index contributed by atoms with van der Waals surface area (Å²) in [6.07, 6.45) is 0. The summed E-state index contributed by atoms with van der Waals surface area (Å²) in [5, 5.41) is 9.80. The number of hydrogen-bond acceptors (Lipinski definition) is 3. The third-order valence-electron chi connectivity index (χ3n) is 1.80. The molecular weight excluding hydrogens is 192 g/mol. The molecule has 1 N–H and O–H groups in total. The lowest BCUT2D eigenvalue weighted by atomic mass is 10.2. The standard InChI is InChI=1S/C9H11ClO3/c1-5-8(12-2)6(10)4-7(11)9(5)13-3/h4,11H,1-3H3. The Kier molecular flexibility index (Phi) is 2.88. The molecule has 0 atom stereocenters. The molecule has 0 aromatic heterocycles. The van der Waals surface area contributed by atoms with Gasteiger partial charge < -0.3 is 14.6 Å². The molecule has 0 bridgehead atoms. The number of methoxy groups -OCH3 is 2. The molecule has 0 unspecified atom stereocenters. The fourth-order valence-corrected chi connectivity index (χ4v) is 1.56. The van der Waals surface area contributed by atoms with Gasteiger partial charge in [0.25, 0.3) is 0 Å². The van der Waals surface area contributed by atoms with Crippen molar-refractivity contribution in [3.63, 3.8) is 0 Å². The van der Waals surface area contributed by atoms with Crippen LogP contribution in [-0.2, 0) is 0 Å². The number of phenols is 1. The maximum Gasteiger partial charge on any atom is 0.167 e. The van der Waals surface area contributed by atoms with Crippen molar-refractivity contribution in [1.29, 1.82) is 0 Å². The minimum Gasteiger partial charge on any atom is -0.504 e. The lowest BCUT2D eigenvalue weighted by Crippen LogP contribution is -1.93. The Morgan fingerprint density at radius 1 is 1.23 bits per heavy atom. The number of hydrogen-bond donors (Lipinski definition) is 1. The first kappa shape index (κ1) is 9.99. The lowest BCUT2D eigenvalue weighted by molar-refractivity contribution is 0.360. The maximum atomic E-state index is 9.43. The van der Waals surface area contributed by atoms with Gasteiger partial charge in [0.05, 0.1) is 19.2 Å². The molecule has 0 amide bonds. The van der Waals surface area contributed by atoms with Gasteiger partial charge in [0, 0.05) is 11.6 Å². The van der Waals surface area contributed by atoms with Crippen molar-refractivity contribution in [1.82, 2.24) is 0 Å². The van der Waals surface area contributed by atoms with Crippen LogP contribution in [0.5, 0.6) is 17.2 Å². The van der Waals surface area contributed by atoms with E-state index in [0.717, 1.165) is 0 Å². The average molecular weight is 203 g/mol. The highest BCUT2D eigenvalue weighted by atomic mass is 35.5. The van der Waals surface area contributed by atoms with E-state index in [4.69, 9.17) is 21.1 Å². The van der Waals surface area contributed by atoms with E-state index in [2.05, 4.69) is 0 Å². The number of halogens is 1. The van der Waals surface area contributed by atoms with Crippen LogP contribution in [0.15, 0.2) is 6.07 Å². The van der Waals surface area contributed by atoms with E-state index in [0.29, 0.717) is 22.1 Å². The fourth-order valence-electron chi connectivity index (χ4n) is 1.23. The summed E-state index contributed by atoms with van der Waals surface area (Å²) in [6, 6.07) is 1.40. The first-order chi connectivity index (χ1) is 6.11. The Labute approximate surface area is 81.9 Å². The van der Waals surface area contributed by atoms with Gasteiger partial charge in [0.2, 0.25) is 0 Å². The monoisotopic (exact) mass is 202 g/mol. The molecule has 1 rings (SSSR count). The Hall–Kier alpha value is -1.09. The highest BCUT2D eigenvalue weighted by Crippen LogP contribution is 2.41. The lowest BCUT2D eigenvalue weighted by Gasteiger charge is -2.12. The largest absolute Gasteiger partial charge is 0.504 e. The van der Waals surface area contributed by atoms with Crippen LogP contribution in [-0.4, -0.2) is 19.3 Å². The van der Waals surface area contributed by atoms with Crippen LogP contribution < -0.4 is 9.47 Å². The zero-order chi connectivity index (χ0) is 10.0. The van der Waals surface area contributed by atoms with Crippen molar-refractivity contribution in [2.45, 2.75) is 6.92 Å². The molecule has 0 spiro atoms. The number of phenolic OH excluding ortho intramolecular Hbond substituents is 1. The molecule has 1 aromatic rings. The van der Waals surface area contributed by atoms with E-state index in [9.17, 15) is 5.11 Å². The summed E-state index contributed by atoms with van der Waals surface area (Å²) in [4.78, 5) is 0. The van der Waals surface area contributed by atoms with E-state index < -0.39 is 0 Å². The summed E-state index contributed by atoms with van der Waals surface area (Å²) in [5.74, 6) is 0.934. The molecular formula is C9H11ClO3. The van der Waals surface area contributed by atoms with Gasteiger partial charge in [-0.1, -0.05) is 11.6 Å². The minimum atomic E-state index is 0.0193. The van der Waals surface area contributed by atoms with Gasteiger partial charge in [-0.05, 0) is 6.92 Å². The molecule has 72 valence electrons. The molecule has 0 radical (unpaired) electrons. The Morgan fingerprint density at radius 3 is 2.23 bits per heavy atom. The molecule has 0 aliphatic carbocycles. The number of aromatic hydroxyl groups is 1. The van der Waals surface area contributed by atoms with Gasteiger partial charge in [-0.15, -0.1) is 0 Å². The van der Waals surface area contributed by atoms with Crippen molar-refractivity contribution in [2.75, 3.05) is 14.2 Å². The molecule has 1 aromatic carbocycles. The van der Waals surface area contributed by atoms with E-state index >= 15 is 0 Å². The molecule has 0 saturated carbocycles. The Balaban J connectivity index is 3.39. The topological polar surface area (TPSA) is 38.7 Å². The van der Waals surface area contributed by atoms with Gasteiger partial charge in [0.1, 0.15) is 5.75 Å². The zero-order valence-corrected chi connectivity index (χ0v) is 8.47. The highest BCUT2D eigenvalue weighted by Gasteiger charge is 2.14. The third-order valence-corrected chi connectivity index (χ3v) is 2.08. The number of benzene rings is 1. The number of ether oxygens (including phenoxy) is 2. The second-order valence-corrected chi connectivity index (χ2v) is 2.98. The molecule has 0 saturated heterocycles. The normalized spacial score (nSPS) is 9.85. The molecule has 13 heavy (non-hydrogen) atoms. The zero-order valence-electron chi connectivity index (χ0n) is 7.72. The summed E-state index contributed by atoms with van der Waals surface area (Å²) < 4.78 is 10.0. The smallest absolute Gasteiger partial charge is 0.167 e. The van der Waals surface area contributed by atoms with Crippen LogP contribution in [0.4, 0.5) is 0 Å². The first-order valence-electron chi connectivity index (χ1n) is 3.71. The summed E-state index contributed by atoms with van der Waals surface area (Å²) in [6.45, 7) is 1.77. The molecule has 0 heterocycles. The summed E-state index contributed by atoms with van der Waals surface area (Å²) in [7, 11) is 3.00. The minimum absolute atomic E-state index is 0.0193. The van der Waals surface area contributed by atoms with E-state index in [1.54, 1.807) is 6.92 Å². The van der Waals surface area contributed by atoms with Crippen molar-refractivity contribution in [2.24, 2.45) is 0 Å². The van der Waals surface area contributed by atoms with Crippen molar-refractivity contribution >= 4 is 11.6 Å². The van der Waals surface area contributed by atoms with Gasteiger partial charge in [0.15, 0.2) is 11.5 Å².